The van der Waals surface area contributed by atoms with Crippen LogP contribution in [-0.2, 0) is 0 Å². The van der Waals surface area contributed by atoms with E-state index in [-0.39, 0.29) is 12.1 Å². The van der Waals surface area contributed by atoms with Gasteiger partial charge in [0.1, 0.15) is 11.9 Å². The van der Waals surface area contributed by atoms with Gasteiger partial charge in [0.15, 0.2) is 0 Å². The zero-order valence-corrected chi connectivity index (χ0v) is 13.7. The maximum absolute atomic E-state index is 6.25. The van der Waals surface area contributed by atoms with Crippen molar-refractivity contribution >= 4 is 23.2 Å². The van der Waals surface area contributed by atoms with Gasteiger partial charge in [0, 0.05) is 11.1 Å². The fourth-order valence-corrected chi connectivity index (χ4v) is 2.51. The lowest BCUT2D eigenvalue weighted by Crippen LogP contribution is -2.31. The summed E-state index contributed by atoms with van der Waals surface area (Å²) < 4.78 is 6.08. The number of ether oxygens (including phenoxy) is 1. The summed E-state index contributed by atoms with van der Waals surface area (Å²) >= 11 is 12.2. The molecule has 2 N–H and O–H groups in total. The Morgan fingerprint density at radius 2 is 1.76 bits per heavy atom. The normalized spacial score (nSPS) is 13.8. The Labute approximate surface area is 135 Å². The van der Waals surface area contributed by atoms with Gasteiger partial charge in [-0.1, -0.05) is 48.3 Å². The van der Waals surface area contributed by atoms with E-state index in [4.69, 9.17) is 33.7 Å². The Kier molecular flexibility index (Phi) is 5.51. The van der Waals surface area contributed by atoms with Crippen LogP contribution in [-0.4, -0.2) is 6.04 Å². The molecule has 0 saturated carbocycles. The van der Waals surface area contributed by atoms with Crippen molar-refractivity contribution in [1.29, 1.82) is 0 Å². The number of nitrogens with two attached hydrogens (primary N) is 1. The van der Waals surface area contributed by atoms with Crippen molar-refractivity contribution in [2.24, 2.45) is 5.73 Å². The molecule has 2 rings (SSSR count). The van der Waals surface area contributed by atoms with Crippen LogP contribution in [0.15, 0.2) is 42.5 Å². The van der Waals surface area contributed by atoms with E-state index in [1.807, 2.05) is 56.3 Å². The van der Waals surface area contributed by atoms with E-state index in [9.17, 15) is 0 Å². The van der Waals surface area contributed by atoms with Crippen LogP contribution >= 0.6 is 23.2 Å². The molecule has 0 heterocycles. The van der Waals surface area contributed by atoms with Gasteiger partial charge in [0.05, 0.1) is 5.02 Å². The van der Waals surface area contributed by atoms with Crippen LogP contribution in [0, 0.1) is 6.92 Å². The van der Waals surface area contributed by atoms with Crippen LogP contribution in [0.25, 0.3) is 0 Å². The van der Waals surface area contributed by atoms with Crippen LogP contribution in [0.5, 0.6) is 5.75 Å². The monoisotopic (exact) mass is 323 g/mol. The summed E-state index contributed by atoms with van der Waals surface area (Å²) in [4.78, 5) is 0. The standard InChI is InChI=1S/C17H19Cl2NO/c1-3-15(20)17(12-5-7-13(18)8-6-12)21-16-9-4-11(2)10-14(16)19/h4-10,15,17H,3,20H2,1-2H3. The van der Waals surface area contributed by atoms with Crippen LogP contribution in [0.2, 0.25) is 10.0 Å². The van der Waals surface area contributed by atoms with Crippen molar-refractivity contribution in [3.8, 4) is 5.75 Å². The van der Waals surface area contributed by atoms with Gasteiger partial charge in [-0.25, -0.2) is 0 Å². The molecule has 2 aromatic carbocycles. The number of benzene rings is 2. The number of aryl methyl sites for hydroxylation is 1. The molecule has 0 aliphatic carbocycles. The molecule has 0 saturated heterocycles. The van der Waals surface area contributed by atoms with E-state index >= 15 is 0 Å². The molecule has 0 radical (unpaired) electrons. The maximum Gasteiger partial charge on any atom is 0.139 e. The summed E-state index contributed by atoms with van der Waals surface area (Å²) in [7, 11) is 0. The van der Waals surface area contributed by atoms with E-state index in [1.54, 1.807) is 0 Å². The Morgan fingerprint density at radius 3 is 2.33 bits per heavy atom. The molecule has 2 atom stereocenters. The van der Waals surface area contributed by atoms with Crippen molar-refractivity contribution in [1.82, 2.24) is 0 Å². The third-order valence-electron chi connectivity index (χ3n) is 3.40. The molecule has 2 unspecified atom stereocenters. The van der Waals surface area contributed by atoms with E-state index in [0.717, 1.165) is 17.5 Å². The lowest BCUT2D eigenvalue weighted by molar-refractivity contribution is 0.171. The van der Waals surface area contributed by atoms with Gasteiger partial charge in [-0.3, -0.25) is 0 Å². The molecule has 2 nitrogen and oxygen atoms in total. The Hall–Kier alpha value is -1.22. The molecule has 0 aliphatic rings. The molecule has 0 aromatic heterocycles. The number of rotatable bonds is 5. The highest BCUT2D eigenvalue weighted by molar-refractivity contribution is 6.32. The molecular formula is C17H19Cl2NO. The van der Waals surface area contributed by atoms with Crippen LogP contribution in [0.4, 0.5) is 0 Å². The fourth-order valence-electron chi connectivity index (χ4n) is 2.11. The molecule has 0 fully saturated rings. The second-order valence-electron chi connectivity index (χ2n) is 5.10. The van der Waals surface area contributed by atoms with E-state index < -0.39 is 0 Å². The Morgan fingerprint density at radius 1 is 1.10 bits per heavy atom. The zero-order valence-electron chi connectivity index (χ0n) is 12.1. The van der Waals surface area contributed by atoms with E-state index in [1.165, 1.54) is 0 Å². The summed E-state index contributed by atoms with van der Waals surface area (Å²) in [5.74, 6) is 0.645. The second-order valence-corrected chi connectivity index (χ2v) is 5.94. The van der Waals surface area contributed by atoms with Crippen molar-refractivity contribution in [2.45, 2.75) is 32.4 Å². The summed E-state index contributed by atoms with van der Waals surface area (Å²) in [6.07, 6.45) is 0.545. The van der Waals surface area contributed by atoms with Crippen LogP contribution in [0.1, 0.15) is 30.6 Å². The van der Waals surface area contributed by atoms with Gasteiger partial charge in [-0.15, -0.1) is 0 Å². The number of hydrogen-bond acceptors (Lipinski definition) is 2. The Bertz CT molecular complexity index is 598. The zero-order chi connectivity index (χ0) is 15.4. The van der Waals surface area contributed by atoms with Gasteiger partial charge in [0.2, 0.25) is 0 Å². The van der Waals surface area contributed by atoms with E-state index in [0.29, 0.717) is 15.8 Å². The molecule has 0 amide bonds. The molecule has 112 valence electrons. The quantitative estimate of drug-likeness (QED) is 0.824. The summed E-state index contributed by atoms with van der Waals surface area (Å²) in [6.45, 7) is 4.03. The minimum atomic E-state index is -0.257. The Balaban J connectivity index is 2.30. The largest absolute Gasteiger partial charge is 0.483 e. The summed E-state index contributed by atoms with van der Waals surface area (Å²) in [5.41, 5.74) is 8.30. The maximum atomic E-state index is 6.25. The first kappa shape index (κ1) is 16.2. The number of halogens is 2. The SMILES string of the molecule is CCC(N)C(Oc1ccc(C)cc1Cl)c1ccc(Cl)cc1. The minimum Gasteiger partial charge on any atom is -0.483 e. The summed E-state index contributed by atoms with van der Waals surface area (Å²) in [5, 5.41) is 1.29. The van der Waals surface area contributed by atoms with Gasteiger partial charge in [0.25, 0.3) is 0 Å². The van der Waals surface area contributed by atoms with Gasteiger partial charge in [-0.2, -0.15) is 0 Å². The van der Waals surface area contributed by atoms with Crippen LogP contribution < -0.4 is 10.5 Å². The van der Waals surface area contributed by atoms with Gasteiger partial charge >= 0.3 is 0 Å². The topological polar surface area (TPSA) is 35.2 Å². The smallest absolute Gasteiger partial charge is 0.139 e. The lowest BCUT2D eigenvalue weighted by Gasteiger charge is -2.25. The molecule has 4 heteroatoms. The predicted molar refractivity (Wildman–Crippen MR) is 89.3 cm³/mol. The fraction of sp³-hybridized carbons (Fsp3) is 0.294. The molecule has 0 bridgehead atoms. The first-order valence-corrected chi connectivity index (χ1v) is 7.70. The van der Waals surface area contributed by atoms with Crippen molar-refractivity contribution < 1.29 is 4.74 Å². The first-order chi connectivity index (χ1) is 10.0. The van der Waals surface area contributed by atoms with Crippen molar-refractivity contribution in [3.63, 3.8) is 0 Å². The minimum absolute atomic E-state index is 0.122. The molecule has 21 heavy (non-hydrogen) atoms. The van der Waals surface area contributed by atoms with Gasteiger partial charge < -0.3 is 10.5 Å². The third kappa shape index (κ3) is 4.13. The predicted octanol–water partition coefficient (Wildman–Crippen LogP) is 5.16. The van der Waals surface area contributed by atoms with Crippen molar-refractivity contribution in [2.75, 3.05) is 0 Å². The summed E-state index contributed by atoms with van der Waals surface area (Å²) in [6, 6.07) is 13.2. The molecule has 0 spiro atoms. The molecule has 0 aliphatic heterocycles. The van der Waals surface area contributed by atoms with Crippen molar-refractivity contribution in [3.05, 3.63) is 63.6 Å². The average molecular weight is 324 g/mol. The first-order valence-electron chi connectivity index (χ1n) is 6.95. The highest BCUT2D eigenvalue weighted by atomic mass is 35.5. The second kappa shape index (κ2) is 7.17. The number of hydrogen-bond donors (Lipinski definition) is 1. The van der Waals surface area contributed by atoms with Crippen LogP contribution in [0.3, 0.4) is 0 Å². The average Bonchev–Trinajstić information content (AvgIpc) is 2.47. The highest BCUT2D eigenvalue weighted by Crippen LogP contribution is 2.32. The highest BCUT2D eigenvalue weighted by Gasteiger charge is 2.21. The van der Waals surface area contributed by atoms with Gasteiger partial charge in [-0.05, 0) is 48.7 Å². The molecular weight excluding hydrogens is 305 g/mol. The van der Waals surface area contributed by atoms with E-state index in [2.05, 4.69) is 0 Å². The molecule has 2 aromatic rings. The third-order valence-corrected chi connectivity index (χ3v) is 3.95. The lowest BCUT2D eigenvalue weighted by atomic mass is 10.0.